The minimum Gasteiger partial charge on any atom is -0.303 e. The first-order valence-corrected chi connectivity index (χ1v) is 4.55. The van der Waals surface area contributed by atoms with Crippen LogP contribution in [0.1, 0.15) is 25.7 Å². The van der Waals surface area contributed by atoms with Crippen molar-refractivity contribution in [2.75, 3.05) is 20.1 Å². The van der Waals surface area contributed by atoms with Crippen molar-refractivity contribution in [3.8, 4) is 0 Å². The second-order valence-electron chi connectivity index (χ2n) is 3.37. The van der Waals surface area contributed by atoms with Crippen LogP contribution in [0.25, 0.3) is 10.4 Å². The predicted octanol–water partition coefficient (Wildman–Crippen LogP) is 2.17. The zero-order chi connectivity index (χ0) is 8.81. The number of hydrogen-bond acceptors (Lipinski definition) is 2. The molecule has 1 rings (SSSR count). The zero-order valence-electron chi connectivity index (χ0n) is 7.61. The second kappa shape index (κ2) is 5.01. The first-order valence-electron chi connectivity index (χ1n) is 4.55. The van der Waals surface area contributed by atoms with Gasteiger partial charge in [-0.1, -0.05) is 11.5 Å². The third-order valence-electron chi connectivity index (χ3n) is 2.53. The molecule has 0 aromatic carbocycles. The molecule has 0 spiro atoms. The van der Waals surface area contributed by atoms with Gasteiger partial charge in [0.05, 0.1) is 0 Å². The summed E-state index contributed by atoms with van der Waals surface area (Å²) in [4.78, 5) is 5.09. The summed E-state index contributed by atoms with van der Waals surface area (Å²) in [5, 5.41) is 3.50. The van der Waals surface area contributed by atoms with Gasteiger partial charge in [-0.3, -0.25) is 0 Å². The Morgan fingerprint density at radius 3 is 2.83 bits per heavy atom. The van der Waals surface area contributed by atoms with Gasteiger partial charge in [0.25, 0.3) is 0 Å². The van der Waals surface area contributed by atoms with Gasteiger partial charge in [0, 0.05) is 17.5 Å². The first-order chi connectivity index (χ1) is 5.84. The molecule has 68 valence electrons. The molecule has 1 aliphatic rings. The molecule has 4 heteroatoms. The molecule has 0 radical (unpaired) electrons. The van der Waals surface area contributed by atoms with Crippen molar-refractivity contribution in [1.82, 2.24) is 4.90 Å². The Hall–Kier alpha value is -0.730. The van der Waals surface area contributed by atoms with Crippen LogP contribution in [0.5, 0.6) is 0 Å². The maximum absolute atomic E-state index is 8.04. The largest absolute Gasteiger partial charge is 0.303 e. The average molecular weight is 168 g/mol. The van der Waals surface area contributed by atoms with E-state index in [2.05, 4.69) is 22.0 Å². The van der Waals surface area contributed by atoms with Gasteiger partial charge in [-0.2, -0.15) is 0 Å². The van der Waals surface area contributed by atoms with Gasteiger partial charge in [0.2, 0.25) is 0 Å². The van der Waals surface area contributed by atoms with Crippen LogP contribution < -0.4 is 0 Å². The van der Waals surface area contributed by atoms with E-state index in [0.717, 1.165) is 19.0 Å². The van der Waals surface area contributed by atoms with E-state index in [0.29, 0.717) is 6.54 Å². The monoisotopic (exact) mass is 168 g/mol. The van der Waals surface area contributed by atoms with Crippen LogP contribution >= 0.6 is 0 Å². The topological polar surface area (TPSA) is 52.0 Å². The molecule has 0 heterocycles. The Kier molecular flexibility index (Phi) is 3.91. The van der Waals surface area contributed by atoms with Gasteiger partial charge in [0.15, 0.2) is 0 Å². The summed E-state index contributed by atoms with van der Waals surface area (Å²) in [5.74, 6) is 0. The Balaban J connectivity index is 2.01. The molecule has 1 aliphatic carbocycles. The fourth-order valence-electron chi connectivity index (χ4n) is 1.45. The van der Waals surface area contributed by atoms with Crippen LogP contribution in [-0.2, 0) is 0 Å². The zero-order valence-corrected chi connectivity index (χ0v) is 7.61. The minimum absolute atomic E-state index is 0.633. The highest BCUT2D eigenvalue weighted by Gasteiger charge is 2.20. The molecule has 0 aliphatic heterocycles. The van der Waals surface area contributed by atoms with Crippen LogP contribution in [0.15, 0.2) is 5.11 Å². The third-order valence-corrected chi connectivity index (χ3v) is 2.53. The van der Waals surface area contributed by atoms with Gasteiger partial charge in [-0.25, -0.2) is 0 Å². The van der Waals surface area contributed by atoms with Crippen LogP contribution in [0.4, 0.5) is 0 Å². The van der Waals surface area contributed by atoms with Crippen molar-refractivity contribution >= 4 is 0 Å². The highest BCUT2D eigenvalue weighted by molar-refractivity contribution is 4.77. The normalized spacial score (nSPS) is 17.2. The molecule has 0 saturated heterocycles. The van der Waals surface area contributed by atoms with E-state index in [1.54, 1.807) is 0 Å². The summed E-state index contributed by atoms with van der Waals surface area (Å²) in [6, 6.07) is 0.802. The number of rotatable bonds is 5. The Morgan fingerprint density at radius 2 is 2.33 bits per heavy atom. The van der Waals surface area contributed by atoms with Crippen molar-refractivity contribution in [3.63, 3.8) is 0 Å². The molecule has 0 unspecified atom stereocenters. The molecule has 1 fully saturated rings. The van der Waals surface area contributed by atoms with Gasteiger partial charge in [-0.15, -0.1) is 0 Å². The lowest BCUT2D eigenvalue weighted by Gasteiger charge is -2.34. The Labute approximate surface area is 73.2 Å². The molecule has 0 bridgehead atoms. The smallest absolute Gasteiger partial charge is 0.0270 e. The van der Waals surface area contributed by atoms with E-state index in [1.165, 1.54) is 19.3 Å². The molecular weight excluding hydrogens is 152 g/mol. The maximum Gasteiger partial charge on any atom is 0.0270 e. The lowest BCUT2D eigenvalue weighted by Crippen LogP contribution is -2.37. The molecule has 0 N–H and O–H groups in total. The Bertz CT molecular complexity index is 170. The number of hydrogen-bond donors (Lipinski definition) is 0. The maximum atomic E-state index is 8.04. The van der Waals surface area contributed by atoms with E-state index in [-0.39, 0.29) is 0 Å². The molecule has 1 saturated carbocycles. The standard InChI is InChI=1S/C8H16N4/c1-12(8-4-2-5-8)7-3-6-10-11-9/h8H,2-7H2,1H3. The van der Waals surface area contributed by atoms with Gasteiger partial charge in [0.1, 0.15) is 0 Å². The van der Waals surface area contributed by atoms with E-state index in [9.17, 15) is 0 Å². The van der Waals surface area contributed by atoms with Crippen molar-refractivity contribution in [1.29, 1.82) is 0 Å². The predicted molar refractivity (Wildman–Crippen MR) is 48.9 cm³/mol. The molecule has 4 nitrogen and oxygen atoms in total. The van der Waals surface area contributed by atoms with Crippen LogP contribution in [-0.4, -0.2) is 31.1 Å². The van der Waals surface area contributed by atoms with Crippen LogP contribution in [0, 0.1) is 0 Å². The van der Waals surface area contributed by atoms with Gasteiger partial charge in [-0.05, 0) is 38.4 Å². The van der Waals surface area contributed by atoms with E-state index < -0.39 is 0 Å². The second-order valence-corrected chi connectivity index (χ2v) is 3.37. The first kappa shape index (κ1) is 9.36. The summed E-state index contributed by atoms with van der Waals surface area (Å²) in [6.45, 7) is 1.69. The number of nitrogens with zero attached hydrogens (tertiary/aromatic N) is 4. The summed E-state index contributed by atoms with van der Waals surface area (Å²) in [5.41, 5.74) is 8.04. The van der Waals surface area contributed by atoms with E-state index in [1.807, 2.05) is 0 Å². The van der Waals surface area contributed by atoms with Crippen LogP contribution in [0.2, 0.25) is 0 Å². The molecular formula is C8H16N4. The lowest BCUT2D eigenvalue weighted by molar-refractivity contribution is 0.159. The van der Waals surface area contributed by atoms with Crippen molar-refractivity contribution in [3.05, 3.63) is 10.4 Å². The van der Waals surface area contributed by atoms with E-state index in [4.69, 9.17) is 5.53 Å². The number of azide groups is 1. The van der Waals surface area contributed by atoms with E-state index >= 15 is 0 Å². The third kappa shape index (κ3) is 2.72. The fraction of sp³-hybridized carbons (Fsp3) is 1.00. The molecule has 0 aromatic rings. The molecule has 0 atom stereocenters. The lowest BCUT2D eigenvalue weighted by atomic mass is 9.92. The summed E-state index contributed by atoms with van der Waals surface area (Å²) in [6.07, 6.45) is 5.05. The van der Waals surface area contributed by atoms with Crippen molar-refractivity contribution in [2.24, 2.45) is 5.11 Å². The SMILES string of the molecule is CN(CCCN=[N+]=[N-])C1CCC1. The highest BCUT2D eigenvalue weighted by atomic mass is 15.1. The van der Waals surface area contributed by atoms with Crippen molar-refractivity contribution in [2.45, 2.75) is 31.7 Å². The van der Waals surface area contributed by atoms with Crippen LogP contribution in [0.3, 0.4) is 0 Å². The van der Waals surface area contributed by atoms with Gasteiger partial charge >= 0.3 is 0 Å². The fourth-order valence-corrected chi connectivity index (χ4v) is 1.45. The summed E-state index contributed by atoms with van der Waals surface area (Å²) >= 11 is 0. The van der Waals surface area contributed by atoms with Crippen molar-refractivity contribution < 1.29 is 0 Å². The molecule has 12 heavy (non-hydrogen) atoms. The highest BCUT2D eigenvalue weighted by Crippen LogP contribution is 2.23. The van der Waals surface area contributed by atoms with Gasteiger partial charge < -0.3 is 4.90 Å². The minimum atomic E-state index is 0.633. The summed E-state index contributed by atoms with van der Waals surface area (Å²) in [7, 11) is 2.15. The molecule has 0 aromatic heterocycles. The summed E-state index contributed by atoms with van der Waals surface area (Å²) < 4.78 is 0. The molecule has 0 amide bonds. The Morgan fingerprint density at radius 1 is 1.58 bits per heavy atom. The average Bonchev–Trinajstić information content (AvgIpc) is 1.95. The quantitative estimate of drug-likeness (QED) is 0.268.